The summed E-state index contributed by atoms with van der Waals surface area (Å²) in [6.45, 7) is 6.37. The lowest BCUT2D eigenvalue weighted by molar-refractivity contribution is -0.149. The summed E-state index contributed by atoms with van der Waals surface area (Å²) in [6.07, 6.45) is 1.45. The highest BCUT2D eigenvalue weighted by molar-refractivity contribution is 5.85. The lowest BCUT2D eigenvalue weighted by atomic mass is 10.1. The first-order valence-corrected chi connectivity index (χ1v) is 10.2. The monoisotopic (exact) mass is 425 g/mol. The maximum atomic E-state index is 12.8. The number of nitrogens with zero attached hydrogens (tertiary/aromatic N) is 2. The van der Waals surface area contributed by atoms with E-state index in [2.05, 4.69) is 6.92 Å². The van der Waals surface area contributed by atoms with Crippen LogP contribution in [0.25, 0.3) is 0 Å². The van der Waals surface area contributed by atoms with E-state index in [1.165, 1.54) is 0 Å². The molecule has 1 aromatic carbocycles. The van der Waals surface area contributed by atoms with Gasteiger partial charge in [0.2, 0.25) is 0 Å². The van der Waals surface area contributed by atoms with Crippen molar-refractivity contribution >= 4 is 24.2 Å². The van der Waals surface area contributed by atoms with Gasteiger partial charge in [-0.3, -0.25) is 9.59 Å². The summed E-state index contributed by atoms with van der Waals surface area (Å²) in [4.78, 5) is 29.0. The Kier molecular flexibility index (Phi) is 8.74. The van der Waals surface area contributed by atoms with Crippen LogP contribution in [0.3, 0.4) is 0 Å². The van der Waals surface area contributed by atoms with E-state index in [1.54, 1.807) is 16.7 Å². The number of para-hydroxylation sites is 1. The van der Waals surface area contributed by atoms with Crippen LogP contribution >= 0.6 is 12.4 Å². The first kappa shape index (κ1) is 23.4. The highest BCUT2D eigenvalue weighted by Crippen LogP contribution is 2.22. The Morgan fingerprint density at radius 3 is 2.45 bits per heavy atom. The van der Waals surface area contributed by atoms with Crippen LogP contribution in [0, 0.1) is 0 Å². The Labute approximate surface area is 178 Å². The molecule has 0 aromatic heterocycles. The smallest absolute Gasteiger partial charge is 0.263 e. The van der Waals surface area contributed by atoms with Crippen molar-refractivity contribution in [3.63, 3.8) is 0 Å². The van der Waals surface area contributed by atoms with Crippen molar-refractivity contribution < 1.29 is 19.1 Å². The number of benzene rings is 1. The summed E-state index contributed by atoms with van der Waals surface area (Å²) < 4.78 is 11.6. The number of halogens is 1. The Morgan fingerprint density at radius 2 is 1.83 bits per heavy atom. The SMILES string of the molecule is CCc1ccccc1OC(C)C(=O)N1CCN(C(=O)[C@@H]2CC[C@H](CN)O2)CC1.Cl. The number of rotatable bonds is 6. The number of hydrogen-bond acceptors (Lipinski definition) is 5. The molecule has 2 fully saturated rings. The molecule has 0 radical (unpaired) electrons. The van der Waals surface area contributed by atoms with Crippen LogP contribution in [0.5, 0.6) is 5.75 Å². The van der Waals surface area contributed by atoms with E-state index in [0.717, 1.165) is 30.6 Å². The van der Waals surface area contributed by atoms with Gasteiger partial charge in [0, 0.05) is 32.7 Å². The summed E-state index contributed by atoms with van der Waals surface area (Å²) in [5.74, 6) is 0.732. The molecule has 0 aliphatic carbocycles. The molecule has 29 heavy (non-hydrogen) atoms. The minimum absolute atomic E-state index is 0. The van der Waals surface area contributed by atoms with Gasteiger partial charge in [-0.15, -0.1) is 12.4 Å². The van der Waals surface area contributed by atoms with Crippen LogP contribution < -0.4 is 10.5 Å². The van der Waals surface area contributed by atoms with Gasteiger partial charge in [-0.1, -0.05) is 25.1 Å². The minimum atomic E-state index is -0.557. The van der Waals surface area contributed by atoms with Gasteiger partial charge >= 0.3 is 0 Å². The summed E-state index contributed by atoms with van der Waals surface area (Å²) in [5, 5.41) is 0. The van der Waals surface area contributed by atoms with Gasteiger partial charge in [0.05, 0.1) is 6.10 Å². The quantitative estimate of drug-likeness (QED) is 0.748. The zero-order valence-corrected chi connectivity index (χ0v) is 18.0. The van der Waals surface area contributed by atoms with Gasteiger partial charge in [0.15, 0.2) is 6.10 Å². The molecular formula is C21H32ClN3O4. The molecule has 2 aliphatic rings. The van der Waals surface area contributed by atoms with Crippen LogP contribution in [0.2, 0.25) is 0 Å². The average Bonchev–Trinajstić information content (AvgIpc) is 3.22. The van der Waals surface area contributed by atoms with Crippen LogP contribution in [-0.2, 0) is 20.7 Å². The second-order valence-electron chi connectivity index (χ2n) is 7.43. The molecule has 2 amide bonds. The van der Waals surface area contributed by atoms with E-state index < -0.39 is 6.10 Å². The zero-order chi connectivity index (χ0) is 20.1. The molecule has 0 bridgehead atoms. The lowest BCUT2D eigenvalue weighted by Crippen LogP contribution is -2.55. The third kappa shape index (κ3) is 5.62. The second-order valence-corrected chi connectivity index (χ2v) is 7.43. The third-order valence-corrected chi connectivity index (χ3v) is 5.55. The van der Waals surface area contributed by atoms with E-state index in [4.69, 9.17) is 15.2 Å². The zero-order valence-electron chi connectivity index (χ0n) is 17.2. The first-order chi connectivity index (χ1) is 13.5. The molecule has 3 atom stereocenters. The van der Waals surface area contributed by atoms with Gasteiger partial charge in [-0.25, -0.2) is 0 Å². The third-order valence-electron chi connectivity index (χ3n) is 5.55. The number of hydrogen-bond donors (Lipinski definition) is 1. The molecule has 1 aromatic rings. The molecule has 3 rings (SSSR count). The molecule has 2 saturated heterocycles. The Balaban J connectivity index is 0.00000300. The fraction of sp³-hybridized carbons (Fsp3) is 0.619. The number of ether oxygens (including phenoxy) is 2. The fourth-order valence-electron chi connectivity index (χ4n) is 3.82. The Morgan fingerprint density at radius 1 is 1.17 bits per heavy atom. The number of amides is 2. The number of carbonyl (C=O) groups excluding carboxylic acids is 2. The molecule has 2 N–H and O–H groups in total. The Hall–Kier alpha value is -1.83. The molecule has 7 nitrogen and oxygen atoms in total. The van der Waals surface area contributed by atoms with E-state index in [0.29, 0.717) is 32.7 Å². The minimum Gasteiger partial charge on any atom is -0.481 e. The van der Waals surface area contributed by atoms with E-state index >= 15 is 0 Å². The summed E-state index contributed by atoms with van der Waals surface area (Å²) in [7, 11) is 0. The average molecular weight is 426 g/mol. The van der Waals surface area contributed by atoms with Crippen molar-refractivity contribution in [3.8, 4) is 5.75 Å². The maximum Gasteiger partial charge on any atom is 0.263 e. The molecule has 8 heteroatoms. The van der Waals surface area contributed by atoms with Crippen LogP contribution in [0.15, 0.2) is 24.3 Å². The van der Waals surface area contributed by atoms with Gasteiger partial charge in [0.25, 0.3) is 11.8 Å². The van der Waals surface area contributed by atoms with Gasteiger partial charge in [0.1, 0.15) is 11.9 Å². The topological polar surface area (TPSA) is 85.1 Å². The van der Waals surface area contributed by atoms with Crippen molar-refractivity contribution in [3.05, 3.63) is 29.8 Å². The maximum absolute atomic E-state index is 12.8. The van der Waals surface area contributed by atoms with Gasteiger partial charge < -0.3 is 25.0 Å². The van der Waals surface area contributed by atoms with Crippen molar-refractivity contribution in [1.82, 2.24) is 9.80 Å². The lowest BCUT2D eigenvalue weighted by Gasteiger charge is -2.36. The van der Waals surface area contributed by atoms with Crippen molar-refractivity contribution in [2.45, 2.75) is 51.4 Å². The van der Waals surface area contributed by atoms with Crippen LogP contribution in [0.1, 0.15) is 32.3 Å². The summed E-state index contributed by atoms with van der Waals surface area (Å²) in [6, 6.07) is 7.79. The predicted molar refractivity (Wildman–Crippen MR) is 113 cm³/mol. The summed E-state index contributed by atoms with van der Waals surface area (Å²) >= 11 is 0. The second kappa shape index (κ2) is 10.8. The Bertz CT molecular complexity index is 694. The van der Waals surface area contributed by atoms with Crippen LogP contribution in [-0.4, -0.2) is 72.6 Å². The molecule has 0 spiro atoms. The molecule has 2 aliphatic heterocycles. The highest BCUT2D eigenvalue weighted by atomic mass is 35.5. The molecule has 0 saturated carbocycles. The highest BCUT2D eigenvalue weighted by Gasteiger charge is 2.35. The molecule has 2 heterocycles. The predicted octanol–water partition coefficient (Wildman–Crippen LogP) is 1.62. The van der Waals surface area contributed by atoms with Gasteiger partial charge in [-0.05, 0) is 37.8 Å². The largest absolute Gasteiger partial charge is 0.481 e. The fourth-order valence-corrected chi connectivity index (χ4v) is 3.82. The van der Waals surface area contributed by atoms with E-state index in [-0.39, 0.29) is 36.4 Å². The van der Waals surface area contributed by atoms with Gasteiger partial charge in [-0.2, -0.15) is 0 Å². The number of nitrogens with two attached hydrogens (primary N) is 1. The molecule has 162 valence electrons. The molecular weight excluding hydrogens is 394 g/mol. The standard InChI is InChI=1S/C21H31N3O4.ClH/c1-3-16-6-4-5-7-18(16)27-15(2)20(25)23-10-12-24(13-11-23)21(26)19-9-8-17(14-22)28-19;/h4-7,15,17,19H,3,8-14,22H2,1-2H3;1H/t15?,17-,19+;/m1./s1. The van der Waals surface area contributed by atoms with Crippen molar-refractivity contribution in [1.29, 1.82) is 0 Å². The number of piperazine rings is 1. The van der Waals surface area contributed by atoms with Crippen molar-refractivity contribution in [2.75, 3.05) is 32.7 Å². The van der Waals surface area contributed by atoms with E-state index in [1.807, 2.05) is 24.3 Å². The van der Waals surface area contributed by atoms with Crippen LogP contribution in [0.4, 0.5) is 0 Å². The van der Waals surface area contributed by atoms with E-state index in [9.17, 15) is 9.59 Å². The number of aryl methyl sites for hydroxylation is 1. The molecule has 1 unspecified atom stereocenters. The summed E-state index contributed by atoms with van der Waals surface area (Å²) in [5.41, 5.74) is 6.71. The number of carbonyl (C=O) groups is 2. The normalized spacial score (nSPS) is 22.7. The van der Waals surface area contributed by atoms with Crippen molar-refractivity contribution in [2.24, 2.45) is 5.73 Å². The first-order valence-electron chi connectivity index (χ1n) is 10.2.